The molecular formula is C17H12ClFN4O2. The molecule has 25 heavy (non-hydrogen) atoms. The fraction of sp³-hybridized carbons (Fsp3) is 0.118. The first-order valence-electron chi connectivity index (χ1n) is 7.55. The van der Waals surface area contributed by atoms with Gasteiger partial charge in [0.2, 0.25) is 17.8 Å². The number of benzene rings is 2. The number of hydrogen-bond donors (Lipinski definition) is 2. The molecule has 0 saturated carbocycles. The second-order valence-electron chi connectivity index (χ2n) is 5.68. The lowest BCUT2D eigenvalue weighted by Gasteiger charge is -2.25. The van der Waals surface area contributed by atoms with Crippen molar-refractivity contribution in [3.63, 3.8) is 0 Å². The zero-order valence-electron chi connectivity index (χ0n) is 12.8. The summed E-state index contributed by atoms with van der Waals surface area (Å²) in [5, 5.41) is 5.26. The number of carbonyl (C=O) groups is 2. The number of rotatable bonds is 2. The van der Waals surface area contributed by atoms with E-state index in [9.17, 15) is 14.0 Å². The molecule has 2 N–H and O–H groups in total. The van der Waals surface area contributed by atoms with Crippen LogP contribution >= 0.6 is 11.6 Å². The molecule has 0 radical (unpaired) electrons. The predicted molar refractivity (Wildman–Crippen MR) is 92.1 cm³/mol. The third-order valence-corrected chi connectivity index (χ3v) is 4.32. The van der Waals surface area contributed by atoms with Crippen LogP contribution in [-0.2, 0) is 9.59 Å². The molecule has 1 unspecified atom stereocenters. The minimum absolute atomic E-state index is 0.0197. The van der Waals surface area contributed by atoms with Gasteiger partial charge in [-0.2, -0.15) is 0 Å². The molecule has 2 aromatic carbocycles. The largest absolute Gasteiger partial charge is 0.324 e. The highest BCUT2D eigenvalue weighted by Gasteiger charge is 2.32. The van der Waals surface area contributed by atoms with Crippen LogP contribution in [0.3, 0.4) is 0 Å². The van der Waals surface area contributed by atoms with E-state index in [1.807, 2.05) is 24.3 Å². The van der Waals surface area contributed by atoms with Crippen molar-refractivity contribution in [2.24, 2.45) is 0 Å². The molecule has 8 heteroatoms. The van der Waals surface area contributed by atoms with E-state index in [0.29, 0.717) is 17.2 Å². The molecule has 4 rings (SSSR count). The molecule has 0 fully saturated rings. The zero-order valence-corrected chi connectivity index (χ0v) is 13.5. The van der Waals surface area contributed by atoms with Crippen molar-refractivity contribution in [2.45, 2.75) is 12.5 Å². The van der Waals surface area contributed by atoms with E-state index >= 15 is 0 Å². The smallest absolute Gasteiger partial charge is 0.248 e. The van der Waals surface area contributed by atoms with Crippen molar-refractivity contribution >= 4 is 46.1 Å². The fourth-order valence-electron chi connectivity index (χ4n) is 2.90. The van der Waals surface area contributed by atoms with Crippen LogP contribution in [0.5, 0.6) is 0 Å². The lowest BCUT2D eigenvalue weighted by Crippen LogP contribution is -2.35. The number of fused-ring (bicyclic) bond motifs is 3. The van der Waals surface area contributed by atoms with Gasteiger partial charge in [0.25, 0.3) is 0 Å². The molecule has 1 aliphatic heterocycles. The van der Waals surface area contributed by atoms with E-state index in [2.05, 4.69) is 15.6 Å². The Hall–Kier alpha value is -2.93. The summed E-state index contributed by atoms with van der Waals surface area (Å²) in [6, 6.07) is 10.4. The molecular weight excluding hydrogens is 347 g/mol. The first kappa shape index (κ1) is 15.6. The van der Waals surface area contributed by atoms with E-state index in [1.165, 1.54) is 18.2 Å². The molecule has 6 nitrogen and oxygen atoms in total. The number of hydrogen-bond acceptors (Lipinski definition) is 3. The Labute approximate surface area is 146 Å². The summed E-state index contributed by atoms with van der Waals surface area (Å²) in [5.74, 6) is -0.934. The standard InChI is InChI=1S/C17H12ClFN4O2/c18-10-7-9(5-6-11(10)19)20-16(25)14-8-15(24)22-17-21-12-3-1-2-4-13(12)23(14)17/h1-7,14H,8H2,(H,20,25)(H,21,22,24). The molecule has 3 aromatic rings. The maximum atomic E-state index is 13.3. The number of amides is 2. The summed E-state index contributed by atoms with van der Waals surface area (Å²) in [6.07, 6.45) is -0.0197. The predicted octanol–water partition coefficient (Wildman–Crippen LogP) is 3.35. The maximum absolute atomic E-state index is 13.3. The monoisotopic (exact) mass is 358 g/mol. The van der Waals surface area contributed by atoms with Crippen molar-refractivity contribution in [1.82, 2.24) is 9.55 Å². The lowest BCUT2D eigenvalue weighted by atomic mass is 10.1. The number of aromatic nitrogens is 2. The summed E-state index contributed by atoms with van der Waals surface area (Å²) in [6.45, 7) is 0. The van der Waals surface area contributed by atoms with Gasteiger partial charge in [-0.05, 0) is 30.3 Å². The average molecular weight is 359 g/mol. The van der Waals surface area contributed by atoms with Crippen LogP contribution < -0.4 is 10.6 Å². The molecule has 1 aliphatic rings. The maximum Gasteiger partial charge on any atom is 0.248 e. The van der Waals surface area contributed by atoms with E-state index in [0.717, 1.165) is 5.52 Å². The van der Waals surface area contributed by atoms with Crippen molar-refractivity contribution < 1.29 is 14.0 Å². The Morgan fingerprint density at radius 1 is 1.32 bits per heavy atom. The number of nitrogens with one attached hydrogen (secondary N) is 2. The van der Waals surface area contributed by atoms with Crippen LogP contribution in [0.25, 0.3) is 11.0 Å². The van der Waals surface area contributed by atoms with Crippen LogP contribution in [0.1, 0.15) is 12.5 Å². The SMILES string of the molecule is O=C1CC(C(=O)Nc2ccc(F)c(Cl)c2)n2c(nc3ccccc32)N1. The number of halogens is 2. The minimum Gasteiger partial charge on any atom is -0.324 e. The van der Waals surface area contributed by atoms with Gasteiger partial charge in [-0.1, -0.05) is 23.7 Å². The van der Waals surface area contributed by atoms with Crippen molar-refractivity contribution in [3.05, 3.63) is 53.3 Å². The summed E-state index contributed by atoms with van der Waals surface area (Å²) in [4.78, 5) is 29.0. The highest BCUT2D eigenvalue weighted by Crippen LogP contribution is 2.31. The number of imidazole rings is 1. The average Bonchev–Trinajstić information content (AvgIpc) is 2.95. The van der Waals surface area contributed by atoms with Crippen LogP contribution in [-0.4, -0.2) is 21.4 Å². The first-order valence-corrected chi connectivity index (χ1v) is 7.93. The van der Waals surface area contributed by atoms with Crippen LogP contribution in [0, 0.1) is 5.82 Å². The molecule has 0 saturated heterocycles. The van der Waals surface area contributed by atoms with E-state index in [4.69, 9.17) is 11.6 Å². The summed E-state index contributed by atoms with van der Waals surface area (Å²) in [5.41, 5.74) is 1.78. The molecule has 126 valence electrons. The van der Waals surface area contributed by atoms with Gasteiger partial charge in [0.05, 0.1) is 22.5 Å². The summed E-state index contributed by atoms with van der Waals surface area (Å²) >= 11 is 5.74. The highest BCUT2D eigenvalue weighted by molar-refractivity contribution is 6.31. The van der Waals surface area contributed by atoms with Crippen LogP contribution in [0.4, 0.5) is 16.0 Å². The molecule has 1 aromatic heterocycles. The van der Waals surface area contributed by atoms with Gasteiger partial charge in [0, 0.05) is 5.69 Å². The number of nitrogens with zero attached hydrogens (tertiary/aromatic N) is 2. The quantitative estimate of drug-likeness (QED) is 0.737. The summed E-state index contributed by atoms with van der Waals surface area (Å²) in [7, 11) is 0. The van der Waals surface area contributed by atoms with Gasteiger partial charge in [-0.15, -0.1) is 0 Å². The zero-order chi connectivity index (χ0) is 17.6. The fourth-order valence-corrected chi connectivity index (χ4v) is 3.08. The molecule has 0 spiro atoms. The molecule has 2 amide bonds. The lowest BCUT2D eigenvalue weighted by molar-refractivity contribution is -0.124. The van der Waals surface area contributed by atoms with E-state index in [-0.39, 0.29) is 17.4 Å². The van der Waals surface area contributed by atoms with Gasteiger partial charge in [0.15, 0.2) is 0 Å². The number of anilines is 2. The highest BCUT2D eigenvalue weighted by atomic mass is 35.5. The minimum atomic E-state index is -0.764. The van der Waals surface area contributed by atoms with Crippen molar-refractivity contribution in [1.29, 1.82) is 0 Å². The van der Waals surface area contributed by atoms with Gasteiger partial charge < -0.3 is 5.32 Å². The van der Waals surface area contributed by atoms with Gasteiger partial charge >= 0.3 is 0 Å². The van der Waals surface area contributed by atoms with E-state index < -0.39 is 17.8 Å². The summed E-state index contributed by atoms with van der Waals surface area (Å²) < 4.78 is 15.0. The Morgan fingerprint density at radius 2 is 2.12 bits per heavy atom. The second-order valence-corrected chi connectivity index (χ2v) is 6.09. The molecule has 2 heterocycles. The Balaban J connectivity index is 1.71. The van der Waals surface area contributed by atoms with Crippen molar-refractivity contribution in [3.8, 4) is 0 Å². The molecule has 0 bridgehead atoms. The van der Waals surface area contributed by atoms with Crippen molar-refractivity contribution in [2.75, 3.05) is 10.6 Å². The Bertz CT molecular complexity index is 1020. The number of para-hydroxylation sites is 2. The van der Waals surface area contributed by atoms with Gasteiger partial charge in [-0.25, -0.2) is 9.37 Å². The van der Waals surface area contributed by atoms with Crippen LogP contribution in [0.2, 0.25) is 5.02 Å². The Kier molecular flexibility index (Phi) is 3.65. The normalized spacial score (nSPS) is 16.4. The third-order valence-electron chi connectivity index (χ3n) is 4.03. The van der Waals surface area contributed by atoms with Crippen LogP contribution in [0.15, 0.2) is 42.5 Å². The third kappa shape index (κ3) is 2.72. The van der Waals surface area contributed by atoms with Gasteiger partial charge in [-0.3, -0.25) is 19.5 Å². The topological polar surface area (TPSA) is 76.0 Å². The molecule has 0 aliphatic carbocycles. The Morgan fingerprint density at radius 3 is 2.92 bits per heavy atom. The second kappa shape index (κ2) is 5.86. The van der Waals surface area contributed by atoms with E-state index in [1.54, 1.807) is 4.57 Å². The molecule has 1 atom stereocenters. The number of carbonyl (C=O) groups excluding carboxylic acids is 2. The van der Waals surface area contributed by atoms with Gasteiger partial charge in [0.1, 0.15) is 11.9 Å². The first-order chi connectivity index (χ1) is 12.0.